The van der Waals surface area contributed by atoms with Crippen LogP contribution in [0.4, 0.5) is 5.69 Å². The average molecular weight is 296 g/mol. The summed E-state index contributed by atoms with van der Waals surface area (Å²) in [6, 6.07) is 15.3. The van der Waals surface area contributed by atoms with Crippen molar-refractivity contribution < 1.29 is 0 Å². The Hall–Kier alpha value is -1.79. The predicted molar refractivity (Wildman–Crippen MR) is 88.4 cm³/mol. The third-order valence-corrected chi connectivity index (χ3v) is 5.24. The van der Waals surface area contributed by atoms with Crippen LogP contribution in [-0.4, -0.2) is 0 Å². The zero-order chi connectivity index (χ0) is 14.5. The van der Waals surface area contributed by atoms with E-state index in [2.05, 4.69) is 41.0 Å². The van der Waals surface area contributed by atoms with Gasteiger partial charge in [-0.3, -0.25) is 0 Å². The van der Waals surface area contributed by atoms with Gasteiger partial charge in [-0.15, -0.1) is 11.3 Å². The number of nitriles is 1. The lowest BCUT2D eigenvalue weighted by atomic mass is 9.96. The second-order valence-electron chi connectivity index (χ2n) is 5.71. The number of anilines is 1. The lowest BCUT2D eigenvalue weighted by molar-refractivity contribution is 0.475. The van der Waals surface area contributed by atoms with Crippen molar-refractivity contribution in [2.45, 2.75) is 38.1 Å². The number of hydrogen-bond donors (Lipinski definition) is 1. The van der Waals surface area contributed by atoms with E-state index >= 15 is 0 Å². The maximum absolute atomic E-state index is 8.74. The highest BCUT2D eigenvalue weighted by Crippen LogP contribution is 2.39. The molecule has 0 radical (unpaired) electrons. The molecule has 1 heterocycles. The number of hydrogen-bond acceptors (Lipinski definition) is 3. The van der Waals surface area contributed by atoms with Crippen LogP contribution in [0.25, 0.3) is 0 Å². The normalized spacial score (nSPS) is 16.5. The molecule has 0 aliphatic heterocycles. The van der Waals surface area contributed by atoms with Gasteiger partial charge in [-0.2, -0.15) is 5.26 Å². The summed E-state index contributed by atoms with van der Waals surface area (Å²) in [5.74, 6) is 0.738. The molecule has 1 unspecified atom stereocenters. The summed E-state index contributed by atoms with van der Waals surface area (Å²) in [6.07, 6.45) is 5.84. The average Bonchev–Trinajstić information content (AvgIpc) is 3.20. The van der Waals surface area contributed by atoms with Gasteiger partial charge in [-0.25, -0.2) is 0 Å². The highest BCUT2D eigenvalue weighted by atomic mass is 32.1. The molecular formula is C18H20N2S. The minimum atomic E-state index is 0.425. The molecule has 1 aromatic carbocycles. The first-order chi connectivity index (χ1) is 10.4. The van der Waals surface area contributed by atoms with E-state index in [1.54, 1.807) is 0 Å². The summed E-state index contributed by atoms with van der Waals surface area (Å²) in [7, 11) is 0. The van der Waals surface area contributed by atoms with Gasteiger partial charge < -0.3 is 5.32 Å². The molecule has 108 valence electrons. The van der Waals surface area contributed by atoms with Crippen molar-refractivity contribution in [1.29, 1.82) is 5.26 Å². The van der Waals surface area contributed by atoms with Crippen molar-refractivity contribution in [1.82, 2.24) is 0 Å². The Labute approximate surface area is 130 Å². The first-order valence-electron chi connectivity index (χ1n) is 7.62. The molecule has 1 fully saturated rings. The standard InChI is InChI=1S/C18H20N2S/c19-12-11-14-7-9-16(10-8-14)20-18(15-4-1-2-5-15)17-6-3-13-21-17/h3,6-10,13,15,18,20H,1-2,4-5,11H2. The van der Waals surface area contributed by atoms with E-state index in [0.717, 1.165) is 17.2 Å². The molecule has 3 heteroatoms. The van der Waals surface area contributed by atoms with Gasteiger partial charge in [0.25, 0.3) is 0 Å². The van der Waals surface area contributed by atoms with Crippen LogP contribution in [-0.2, 0) is 6.42 Å². The predicted octanol–water partition coefficient (Wildman–Crippen LogP) is 5.16. The van der Waals surface area contributed by atoms with Crippen LogP contribution in [0.2, 0.25) is 0 Å². The summed E-state index contributed by atoms with van der Waals surface area (Å²) in [4.78, 5) is 1.43. The minimum Gasteiger partial charge on any atom is -0.377 e. The summed E-state index contributed by atoms with van der Waals surface area (Å²) in [5, 5.41) is 14.6. The Balaban J connectivity index is 1.76. The molecule has 3 rings (SSSR count). The molecule has 0 saturated heterocycles. The fourth-order valence-electron chi connectivity index (χ4n) is 3.17. The monoisotopic (exact) mass is 296 g/mol. The van der Waals surface area contributed by atoms with Crippen LogP contribution in [0.15, 0.2) is 41.8 Å². The maximum atomic E-state index is 8.74. The minimum absolute atomic E-state index is 0.425. The van der Waals surface area contributed by atoms with E-state index < -0.39 is 0 Å². The van der Waals surface area contributed by atoms with Crippen molar-refractivity contribution in [3.63, 3.8) is 0 Å². The van der Waals surface area contributed by atoms with Crippen LogP contribution < -0.4 is 5.32 Å². The van der Waals surface area contributed by atoms with E-state index in [9.17, 15) is 0 Å². The van der Waals surface area contributed by atoms with Crippen molar-refractivity contribution in [2.24, 2.45) is 5.92 Å². The number of nitrogens with zero attached hydrogens (tertiary/aromatic N) is 1. The fourth-order valence-corrected chi connectivity index (χ4v) is 4.04. The highest BCUT2D eigenvalue weighted by molar-refractivity contribution is 7.10. The van der Waals surface area contributed by atoms with Gasteiger partial charge in [0.15, 0.2) is 0 Å². The van der Waals surface area contributed by atoms with E-state index in [1.807, 2.05) is 23.5 Å². The number of benzene rings is 1. The second-order valence-corrected chi connectivity index (χ2v) is 6.69. The number of rotatable bonds is 5. The Morgan fingerprint density at radius 2 is 1.95 bits per heavy atom. The smallest absolute Gasteiger partial charge is 0.0669 e. The zero-order valence-corrected chi connectivity index (χ0v) is 12.9. The van der Waals surface area contributed by atoms with E-state index in [4.69, 9.17) is 5.26 Å². The topological polar surface area (TPSA) is 35.8 Å². The van der Waals surface area contributed by atoms with E-state index in [0.29, 0.717) is 12.5 Å². The van der Waals surface area contributed by atoms with Gasteiger partial charge >= 0.3 is 0 Å². The fraction of sp³-hybridized carbons (Fsp3) is 0.389. The largest absolute Gasteiger partial charge is 0.377 e. The second kappa shape index (κ2) is 6.78. The van der Waals surface area contributed by atoms with Crippen LogP contribution in [0.1, 0.15) is 42.2 Å². The van der Waals surface area contributed by atoms with Crippen molar-refractivity contribution in [3.05, 3.63) is 52.2 Å². The van der Waals surface area contributed by atoms with Gasteiger partial charge in [0, 0.05) is 10.6 Å². The molecule has 0 bridgehead atoms. The van der Waals surface area contributed by atoms with Crippen molar-refractivity contribution in [2.75, 3.05) is 5.32 Å². The Kier molecular flexibility index (Phi) is 4.57. The molecular weight excluding hydrogens is 276 g/mol. The third-order valence-electron chi connectivity index (χ3n) is 4.28. The van der Waals surface area contributed by atoms with Gasteiger partial charge in [0.05, 0.1) is 18.5 Å². The molecule has 1 aliphatic carbocycles. The van der Waals surface area contributed by atoms with E-state index in [1.165, 1.54) is 30.6 Å². The van der Waals surface area contributed by atoms with Crippen LogP contribution >= 0.6 is 11.3 Å². The molecule has 2 nitrogen and oxygen atoms in total. The summed E-state index contributed by atoms with van der Waals surface area (Å²) in [5.41, 5.74) is 2.23. The van der Waals surface area contributed by atoms with Gasteiger partial charge in [0.2, 0.25) is 0 Å². The SMILES string of the molecule is N#CCc1ccc(NC(c2cccs2)C2CCCC2)cc1. The lowest BCUT2D eigenvalue weighted by Crippen LogP contribution is -2.17. The van der Waals surface area contributed by atoms with Gasteiger partial charge in [-0.1, -0.05) is 31.0 Å². The molecule has 0 amide bonds. The summed E-state index contributed by atoms with van der Waals surface area (Å²) in [6.45, 7) is 0. The van der Waals surface area contributed by atoms with Gasteiger partial charge in [-0.05, 0) is 47.9 Å². The molecule has 21 heavy (non-hydrogen) atoms. The van der Waals surface area contributed by atoms with Crippen molar-refractivity contribution >= 4 is 17.0 Å². The maximum Gasteiger partial charge on any atom is 0.0669 e. The molecule has 0 spiro atoms. The Bertz CT molecular complexity index is 589. The number of nitrogens with one attached hydrogen (secondary N) is 1. The van der Waals surface area contributed by atoms with Crippen molar-refractivity contribution in [3.8, 4) is 6.07 Å². The molecule has 1 aliphatic rings. The van der Waals surface area contributed by atoms with Crippen LogP contribution in [0.5, 0.6) is 0 Å². The zero-order valence-electron chi connectivity index (χ0n) is 12.1. The molecule has 1 N–H and O–H groups in total. The van der Waals surface area contributed by atoms with Crippen LogP contribution in [0, 0.1) is 17.2 Å². The summed E-state index contributed by atoms with van der Waals surface area (Å²) >= 11 is 1.84. The summed E-state index contributed by atoms with van der Waals surface area (Å²) < 4.78 is 0. The molecule has 1 aromatic heterocycles. The first-order valence-corrected chi connectivity index (χ1v) is 8.50. The number of thiophene rings is 1. The molecule has 1 atom stereocenters. The first kappa shape index (κ1) is 14.2. The van der Waals surface area contributed by atoms with Gasteiger partial charge in [0.1, 0.15) is 0 Å². The molecule has 1 saturated carbocycles. The Morgan fingerprint density at radius 3 is 2.57 bits per heavy atom. The van der Waals surface area contributed by atoms with E-state index in [-0.39, 0.29) is 0 Å². The Morgan fingerprint density at radius 1 is 1.19 bits per heavy atom. The highest BCUT2D eigenvalue weighted by Gasteiger charge is 2.26. The van der Waals surface area contributed by atoms with Crippen LogP contribution in [0.3, 0.4) is 0 Å². The molecule has 2 aromatic rings. The lowest BCUT2D eigenvalue weighted by Gasteiger charge is -2.25. The quantitative estimate of drug-likeness (QED) is 0.827. The third kappa shape index (κ3) is 3.46.